The van der Waals surface area contributed by atoms with Crippen molar-refractivity contribution in [1.82, 2.24) is 16.0 Å². The van der Waals surface area contributed by atoms with Gasteiger partial charge in [0.25, 0.3) is 0 Å². The van der Waals surface area contributed by atoms with E-state index in [0.29, 0.717) is 11.9 Å². The molecule has 0 aromatic heterocycles. The Hall–Kier alpha value is -1.85. The third-order valence-electron chi connectivity index (χ3n) is 7.97. The lowest BCUT2D eigenvalue weighted by atomic mass is 9.68. The van der Waals surface area contributed by atoms with Gasteiger partial charge in [-0.15, -0.1) is 0 Å². The maximum atomic E-state index is 14.1. The van der Waals surface area contributed by atoms with Crippen molar-refractivity contribution in [1.29, 1.82) is 0 Å². The monoisotopic (exact) mass is 558 g/mol. The molecule has 0 bridgehead atoms. The summed E-state index contributed by atoms with van der Waals surface area (Å²) in [4.78, 5) is 19.1. The Bertz CT molecular complexity index is 951. The summed E-state index contributed by atoms with van der Waals surface area (Å²) in [6, 6.07) is 8.06. The van der Waals surface area contributed by atoms with Gasteiger partial charge in [-0.1, -0.05) is 75.9 Å². The van der Waals surface area contributed by atoms with Crippen molar-refractivity contribution in [3.8, 4) is 0 Å². The normalized spacial score (nSPS) is 18.7. The number of nitrogens with one attached hydrogen (secondary N) is 3. The molecule has 6 heteroatoms. The van der Waals surface area contributed by atoms with Crippen molar-refractivity contribution in [2.45, 2.75) is 118 Å². The van der Waals surface area contributed by atoms with Crippen LogP contribution in [-0.4, -0.2) is 30.5 Å². The lowest BCUT2D eigenvalue weighted by Crippen LogP contribution is -2.52. The second-order valence-corrected chi connectivity index (χ2v) is 14.3. The summed E-state index contributed by atoms with van der Waals surface area (Å²) in [5, 5.41) is 10.9. The first kappa shape index (κ1) is 33.4. The third-order valence-corrected chi connectivity index (χ3v) is 8.22. The van der Waals surface area contributed by atoms with Gasteiger partial charge in [0, 0.05) is 22.5 Å². The fourth-order valence-electron chi connectivity index (χ4n) is 5.99. The van der Waals surface area contributed by atoms with Crippen LogP contribution in [-0.2, 0) is 4.79 Å². The minimum Gasteiger partial charge on any atom is -0.351 e. The number of amides is 1. The van der Waals surface area contributed by atoms with Crippen LogP contribution in [0, 0.1) is 23.2 Å². The van der Waals surface area contributed by atoms with Gasteiger partial charge in [-0.2, -0.15) is 0 Å². The molecule has 0 heterocycles. The zero-order chi connectivity index (χ0) is 29.4. The number of aliphatic imine (C=N–C) groups is 1. The Balaban J connectivity index is 2.30. The highest BCUT2D eigenvalue weighted by Gasteiger charge is 2.36. The van der Waals surface area contributed by atoms with Crippen molar-refractivity contribution in [2.75, 3.05) is 7.05 Å². The van der Waals surface area contributed by atoms with Gasteiger partial charge in [-0.05, 0) is 102 Å². The molecule has 3 N–H and O–H groups in total. The molecule has 1 aliphatic carbocycles. The zero-order valence-corrected chi connectivity index (χ0v) is 26.8. The average molecular weight is 559 g/mol. The first-order chi connectivity index (χ1) is 18.1. The smallest absolute Gasteiger partial charge is 0.230 e. The number of hydrogen-bond donors (Lipinski definition) is 3. The van der Waals surface area contributed by atoms with E-state index in [1.807, 2.05) is 19.2 Å². The topological polar surface area (TPSA) is 65.5 Å². The SMILES string of the molecule is C=C(C)C(CC(C(=O)NC(=NC(C)CC(NC)c1ccc(Cl)cc1)NC(C)(C)C)C1CCCCC1)C(C)(C)C. The molecule has 1 fully saturated rings. The second kappa shape index (κ2) is 14.7. The molecule has 2 rings (SSSR count). The quantitative estimate of drug-likeness (QED) is 0.154. The molecule has 0 spiro atoms. The summed E-state index contributed by atoms with van der Waals surface area (Å²) in [6.45, 7) is 21.6. The summed E-state index contributed by atoms with van der Waals surface area (Å²) in [7, 11) is 1.97. The molecule has 39 heavy (non-hydrogen) atoms. The number of allylic oxidation sites excluding steroid dienone is 1. The number of carbonyl (C=O) groups excluding carboxylic acids is 1. The number of carbonyl (C=O) groups is 1. The van der Waals surface area contributed by atoms with Gasteiger partial charge >= 0.3 is 0 Å². The number of hydrogen-bond acceptors (Lipinski definition) is 3. The van der Waals surface area contributed by atoms with Crippen molar-refractivity contribution in [2.24, 2.45) is 28.2 Å². The van der Waals surface area contributed by atoms with Gasteiger partial charge in [0.05, 0.1) is 6.04 Å². The van der Waals surface area contributed by atoms with Crippen LogP contribution in [0.3, 0.4) is 0 Å². The summed E-state index contributed by atoms with van der Waals surface area (Å²) in [5.41, 5.74) is 2.14. The molecule has 5 nitrogen and oxygen atoms in total. The first-order valence-corrected chi connectivity index (χ1v) is 15.2. The van der Waals surface area contributed by atoms with E-state index in [4.69, 9.17) is 16.6 Å². The molecule has 0 saturated heterocycles. The molecule has 4 unspecified atom stereocenters. The van der Waals surface area contributed by atoms with Crippen LogP contribution in [0.15, 0.2) is 41.4 Å². The van der Waals surface area contributed by atoms with Crippen molar-refractivity contribution in [3.05, 3.63) is 47.0 Å². The second-order valence-electron chi connectivity index (χ2n) is 13.8. The molecular formula is C33H55ClN4O. The van der Waals surface area contributed by atoms with Gasteiger partial charge in [0.1, 0.15) is 0 Å². The van der Waals surface area contributed by atoms with Crippen LogP contribution in [0.2, 0.25) is 5.02 Å². The van der Waals surface area contributed by atoms with Crippen molar-refractivity contribution in [3.63, 3.8) is 0 Å². The van der Waals surface area contributed by atoms with Crippen LogP contribution >= 0.6 is 11.6 Å². The fraction of sp³-hybridized carbons (Fsp3) is 0.697. The lowest BCUT2D eigenvalue weighted by molar-refractivity contribution is -0.126. The summed E-state index contributed by atoms with van der Waals surface area (Å²) < 4.78 is 0. The van der Waals surface area contributed by atoms with Crippen LogP contribution in [0.25, 0.3) is 0 Å². The maximum Gasteiger partial charge on any atom is 0.230 e. The maximum absolute atomic E-state index is 14.1. The molecule has 1 aromatic carbocycles. The Morgan fingerprint density at radius 3 is 2.13 bits per heavy atom. The molecular weight excluding hydrogens is 504 g/mol. The van der Waals surface area contributed by atoms with E-state index in [-0.39, 0.29) is 40.8 Å². The molecule has 1 amide bonds. The molecule has 1 saturated carbocycles. The highest BCUT2D eigenvalue weighted by molar-refractivity contribution is 6.30. The molecule has 1 aromatic rings. The lowest BCUT2D eigenvalue weighted by Gasteiger charge is -2.37. The first-order valence-electron chi connectivity index (χ1n) is 14.9. The number of nitrogens with zero attached hydrogens (tertiary/aromatic N) is 1. The van der Waals surface area contributed by atoms with E-state index < -0.39 is 0 Å². The predicted octanol–water partition coefficient (Wildman–Crippen LogP) is 8.06. The van der Waals surface area contributed by atoms with Gasteiger partial charge in [-0.3, -0.25) is 10.1 Å². The molecule has 1 aliphatic rings. The van der Waals surface area contributed by atoms with Crippen LogP contribution < -0.4 is 16.0 Å². The summed E-state index contributed by atoms with van der Waals surface area (Å²) in [5.74, 6) is 1.26. The van der Waals surface area contributed by atoms with E-state index in [0.717, 1.165) is 36.3 Å². The van der Waals surface area contributed by atoms with Crippen molar-refractivity contribution < 1.29 is 4.79 Å². The van der Waals surface area contributed by atoms with Gasteiger partial charge < -0.3 is 10.6 Å². The predicted molar refractivity (Wildman–Crippen MR) is 168 cm³/mol. The van der Waals surface area contributed by atoms with Gasteiger partial charge in [0.2, 0.25) is 5.91 Å². The Morgan fingerprint density at radius 2 is 1.64 bits per heavy atom. The molecule has 220 valence electrons. The standard InChI is InChI=1S/C33H55ClN4O/c1-22(2)28(32(4,5)6)21-27(24-14-12-11-13-15-24)30(39)37-31(38-33(7,8)9)36-23(3)20-29(35-10)25-16-18-26(34)19-17-25/h16-19,23-24,27-29,35H,1,11-15,20-21H2,2-10H3,(H2,36,37,38,39). The molecule has 0 radical (unpaired) electrons. The summed E-state index contributed by atoms with van der Waals surface area (Å²) >= 11 is 6.10. The van der Waals surface area contributed by atoms with E-state index in [1.54, 1.807) is 0 Å². The zero-order valence-electron chi connectivity index (χ0n) is 26.1. The van der Waals surface area contributed by atoms with Crippen LogP contribution in [0.4, 0.5) is 0 Å². The average Bonchev–Trinajstić information content (AvgIpc) is 2.82. The van der Waals surface area contributed by atoms with Gasteiger partial charge in [-0.25, -0.2) is 4.99 Å². The highest BCUT2D eigenvalue weighted by atomic mass is 35.5. The fourth-order valence-corrected chi connectivity index (χ4v) is 6.11. The van der Waals surface area contributed by atoms with Gasteiger partial charge in [0.15, 0.2) is 5.96 Å². The molecule has 0 aliphatic heterocycles. The molecule has 4 atom stereocenters. The largest absolute Gasteiger partial charge is 0.351 e. The van der Waals surface area contributed by atoms with E-state index in [1.165, 1.54) is 24.8 Å². The van der Waals surface area contributed by atoms with Crippen molar-refractivity contribution >= 4 is 23.5 Å². The number of halogens is 1. The third kappa shape index (κ3) is 11.3. The summed E-state index contributed by atoms with van der Waals surface area (Å²) in [6.07, 6.45) is 7.52. The minimum atomic E-state index is -0.240. The van der Waals surface area contributed by atoms with E-state index in [9.17, 15) is 4.79 Å². The van der Waals surface area contributed by atoms with Crippen LogP contribution in [0.5, 0.6) is 0 Å². The van der Waals surface area contributed by atoms with E-state index in [2.05, 4.69) is 90.1 Å². The number of guanidine groups is 1. The Morgan fingerprint density at radius 1 is 1.05 bits per heavy atom. The Labute approximate surface area is 244 Å². The highest BCUT2D eigenvalue weighted by Crippen LogP contribution is 2.41. The Kier molecular flexibility index (Phi) is 12.6. The number of benzene rings is 1. The van der Waals surface area contributed by atoms with Crippen LogP contribution in [0.1, 0.15) is 112 Å². The van der Waals surface area contributed by atoms with E-state index >= 15 is 0 Å². The minimum absolute atomic E-state index is 0.0193. The number of rotatable bonds is 10.